The molecule has 2 N–H and O–H groups in total. The predicted molar refractivity (Wildman–Crippen MR) is 108 cm³/mol. The van der Waals surface area contributed by atoms with Crippen LogP contribution in [0.3, 0.4) is 0 Å². The molecule has 0 radical (unpaired) electrons. The summed E-state index contributed by atoms with van der Waals surface area (Å²) in [5, 5.41) is 11.0. The molecular formula is C20H29N7O. The lowest BCUT2D eigenvalue weighted by Gasteiger charge is -2.47. The number of guanidine groups is 1. The maximum Gasteiger partial charge on any atom is 0.276 e. The first-order chi connectivity index (χ1) is 13.7. The van der Waals surface area contributed by atoms with E-state index in [0.29, 0.717) is 48.5 Å². The molecule has 0 amide bonds. The van der Waals surface area contributed by atoms with E-state index in [2.05, 4.69) is 42.7 Å². The lowest BCUT2D eigenvalue weighted by atomic mass is 9.82. The van der Waals surface area contributed by atoms with Crippen molar-refractivity contribution in [3.63, 3.8) is 0 Å². The number of nitrogens with one attached hydrogen (secondary N) is 2. The Morgan fingerprint density at radius 2 is 2.11 bits per heavy atom. The molecule has 2 unspecified atom stereocenters. The highest BCUT2D eigenvalue weighted by Crippen LogP contribution is 2.32. The molecular weight excluding hydrogens is 354 g/mol. The monoisotopic (exact) mass is 383 g/mol. The van der Waals surface area contributed by atoms with Crippen molar-refractivity contribution in [2.75, 3.05) is 20.6 Å². The third-order valence-electron chi connectivity index (χ3n) is 5.90. The summed E-state index contributed by atoms with van der Waals surface area (Å²) in [6.07, 6.45) is 8.74. The minimum Gasteiger partial charge on any atom is -0.356 e. The molecule has 28 heavy (non-hydrogen) atoms. The number of pyridine rings is 1. The number of fused-ring (bicyclic) bond motifs is 2. The summed E-state index contributed by atoms with van der Waals surface area (Å²) in [7, 11) is 4.10. The van der Waals surface area contributed by atoms with Crippen LogP contribution in [0.2, 0.25) is 0 Å². The molecule has 150 valence electrons. The average Bonchev–Trinajstić information content (AvgIpc) is 3.17. The molecule has 8 nitrogen and oxygen atoms in total. The fraction of sp³-hybridized carbons (Fsp3) is 0.600. The van der Waals surface area contributed by atoms with Gasteiger partial charge < -0.3 is 20.1 Å². The van der Waals surface area contributed by atoms with Crippen LogP contribution in [0, 0.1) is 0 Å². The maximum atomic E-state index is 5.31. The van der Waals surface area contributed by atoms with Crippen LogP contribution in [0.25, 0.3) is 11.6 Å². The molecule has 8 heteroatoms. The zero-order valence-electron chi connectivity index (χ0n) is 16.6. The van der Waals surface area contributed by atoms with Crippen LogP contribution in [0.5, 0.6) is 0 Å². The Bertz CT molecular complexity index is 777. The van der Waals surface area contributed by atoms with Gasteiger partial charge in [-0.25, -0.2) is 0 Å². The van der Waals surface area contributed by atoms with Crippen molar-refractivity contribution in [2.24, 2.45) is 4.99 Å². The molecule has 2 aliphatic rings. The van der Waals surface area contributed by atoms with E-state index in [1.807, 2.05) is 25.2 Å². The molecule has 2 aliphatic heterocycles. The number of aliphatic imine (C=N–C) groups is 1. The van der Waals surface area contributed by atoms with Gasteiger partial charge in [0, 0.05) is 44.3 Å². The van der Waals surface area contributed by atoms with Crippen molar-refractivity contribution < 1.29 is 4.52 Å². The Balaban J connectivity index is 1.26. The number of aromatic nitrogens is 3. The van der Waals surface area contributed by atoms with Crippen LogP contribution >= 0.6 is 0 Å². The van der Waals surface area contributed by atoms with Crippen LogP contribution < -0.4 is 10.6 Å². The second-order valence-electron chi connectivity index (χ2n) is 7.70. The van der Waals surface area contributed by atoms with Crippen molar-refractivity contribution >= 4 is 5.96 Å². The normalized spacial score (nSPS) is 25.5. The summed E-state index contributed by atoms with van der Waals surface area (Å²) >= 11 is 0. The molecule has 4 heterocycles. The molecule has 2 aromatic rings. The molecule has 2 aromatic heterocycles. The summed E-state index contributed by atoms with van der Waals surface area (Å²) in [5.74, 6) is 1.97. The van der Waals surface area contributed by atoms with Gasteiger partial charge in [-0.15, -0.1) is 0 Å². The number of nitrogens with zero attached hydrogens (tertiary/aromatic N) is 5. The summed E-state index contributed by atoms with van der Waals surface area (Å²) in [6.45, 7) is 0.695. The zero-order chi connectivity index (χ0) is 19.3. The third-order valence-corrected chi connectivity index (χ3v) is 5.90. The van der Waals surface area contributed by atoms with Gasteiger partial charge in [-0.05, 0) is 44.9 Å². The minimum absolute atomic E-state index is 0.455. The van der Waals surface area contributed by atoms with Crippen molar-refractivity contribution in [3.8, 4) is 11.6 Å². The van der Waals surface area contributed by atoms with Gasteiger partial charge in [0.05, 0.1) is 0 Å². The van der Waals surface area contributed by atoms with Crippen LogP contribution in [-0.4, -0.2) is 64.7 Å². The highest BCUT2D eigenvalue weighted by Gasteiger charge is 2.36. The number of rotatable bonds is 5. The standard InChI is InChI=1S/C20H29N7O/c1-21-20(24-14-12-15-6-5-7-16(13-14)27(15)2)23-11-9-18-25-19(28-26-18)17-8-3-4-10-22-17/h3-4,8,10,14-16H,5-7,9,11-13H2,1-2H3,(H2,21,23,24). The summed E-state index contributed by atoms with van der Waals surface area (Å²) in [4.78, 5) is 15.6. The number of piperidine rings is 2. The van der Waals surface area contributed by atoms with Gasteiger partial charge in [0.25, 0.3) is 5.89 Å². The van der Waals surface area contributed by atoms with Gasteiger partial charge in [0.1, 0.15) is 5.69 Å². The van der Waals surface area contributed by atoms with Crippen LogP contribution in [0.15, 0.2) is 33.9 Å². The molecule has 0 aliphatic carbocycles. The summed E-state index contributed by atoms with van der Waals surface area (Å²) in [6, 6.07) is 7.51. The van der Waals surface area contributed by atoms with Crippen LogP contribution in [0.4, 0.5) is 0 Å². The van der Waals surface area contributed by atoms with Gasteiger partial charge in [0.15, 0.2) is 11.8 Å². The molecule has 0 spiro atoms. The van der Waals surface area contributed by atoms with Gasteiger partial charge in [-0.2, -0.15) is 4.98 Å². The quantitative estimate of drug-likeness (QED) is 0.601. The van der Waals surface area contributed by atoms with Gasteiger partial charge in [0.2, 0.25) is 0 Å². The van der Waals surface area contributed by atoms with Crippen molar-refractivity contribution in [1.29, 1.82) is 0 Å². The van der Waals surface area contributed by atoms with Gasteiger partial charge >= 0.3 is 0 Å². The Morgan fingerprint density at radius 3 is 2.82 bits per heavy atom. The molecule has 2 bridgehead atoms. The molecule has 2 saturated heterocycles. The summed E-state index contributed by atoms with van der Waals surface area (Å²) in [5.41, 5.74) is 0.694. The summed E-state index contributed by atoms with van der Waals surface area (Å²) < 4.78 is 5.31. The average molecular weight is 384 g/mol. The van der Waals surface area contributed by atoms with Crippen molar-refractivity contribution in [1.82, 2.24) is 30.7 Å². The zero-order valence-corrected chi connectivity index (χ0v) is 16.6. The largest absolute Gasteiger partial charge is 0.356 e. The van der Waals surface area contributed by atoms with Gasteiger partial charge in [-0.3, -0.25) is 9.98 Å². The Hall–Kier alpha value is -2.48. The predicted octanol–water partition coefficient (Wildman–Crippen LogP) is 1.85. The fourth-order valence-electron chi connectivity index (χ4n) is 4.36. The van der Waals surface area contributed by atoms with E-state index < -0.39 is 0 Å². The van der Waals surface area contributed by atoms with E-state index in [-0.39, 0.29) is 0 Å². The molecule has 4 rings (SSSR count). The topological polar surface area (TPSA) is 91.5 Å². The minimum atomic E-state index is 0.455. The number of hydrogen-bond donors (Lipinski definition) is 2. The second-order valence-corrected chi connectivity index (χ2v) is 7.70. The lowest BCUT2D eigenvalue weighted by Crippen LogP contribution is -2.56. The maximum absolute atomic E-state index is 5.31. The second kappa shape index (κ2) is 8.68. The third kappa shape index (κ3) is 4.32. The van der Waals surface area contributed by atoms with Gasteiger partial charge in [-0.1, -0.05) is 17.6 Å². The Labute approximate surface area is 165 Å². The first-order valence-electron chi connectivity index (χ1n) is 10.2. The van der Waals surface area contributed by atoms with E-state index in [0.717, 1.165) is 5.96 Å². The van der Waals surface area contributed by atoms with E-state index in [1.54, 1.807) is 6.20 Å². The first-order valence-corrected chi connectivity index (χ1v) is 10.2. The van der Waals surface area contributed by atoms with Crippen LogP contribution in [0.1, 0.15) is 37.9 Å². The molecule has 0 saturated carbocycles. The molecule has 0 aromatic carbocycles. The van der Waals surface area contributed by atoms with E-state index >= 15 is 0 Å². The Morgan fingerprint density at radius 1 is 1.29 bits per heavy atom. The smallest absolute Gasteiger partial charge is 0.276 e. The SMILES string of the molecule is CN=C(NCCc1noc(-c2ccccn2)n1)NC1CC2CCCC(C1)N2C. The fourth-order valence-corrected chi connectivity index (χ4v) is 4.36. The van der Waals surface area contributed by atoms with Crippen molar-refractivity contribution in [2.45, 2.75) is 56.7 Å². The van der Waals surface area contributed by atoms with E-state index in [4.69, 9.17) is 4.52 Å². The van der Waals surface area contributed by atoms with E-state index in [1.165, 1.54) is 32.1 Å². The lowest BCUT2D eigenvalue weighted by molar-refractivity contribution is 0.0526. The Kier molecular flexibility index (Phi) is 5.85. The van der Waals surface area contributed by atoms with Crippen LogP contribution in [-0.2, 0) is 6.42 Å². The first kappa shape index (κ1) is 18.9. The molecule has 2 atom stereocenters. The molecule has 2 fully saturated rings. The number of hydrogen-bond acceptors (Lipinski definition) is 6. The highest BCUT2D eigenvalue weighted by atomic mass is 16.5. The highest BCUT2D eigenvalue weighted by molar-refractivity contribution is 5.80. The van der Waals surface area contributed by atoms with Crippen molar-refractivity contribution in [3.05, 3.63) is 30.2 Å². The van der Waals surface area contributed by atoms with E-state index in [9.17, 15) is 0 Å².